The van der Waals surface area contributed by atoms with Gasteiger partial charge in [-0.2, -0.15) is 0 Å². The van der Waals surface area contributed by atoms with Crippen molar-refractivity contribution < 1.29 is 4.74 Å². The molecule has 44 valence electrons. The first kappa shape index (κ1) is 5.61. The van der Waals surface area contributed by atoms with Gasteiger partial charge in [-0.15, -0.1) is 5.73 Å². The fourth-order valence-corrected chi connectivity index (χ4v) is 0.865. The highest BCUT2D eigenvalue weighted by atomic mass is 16.5. The lowest BCUT2D eigenvalue weighted by atomic mass is 10.2. The summed E-state index contributed by atoms with van der Waals surface area (Å²) in [5.41, 5.74) is 2.71. The second-order valence-corrected chi connectivity index (χ2v) is 1.92. The van der Waals surface area contributed by atoms with E-state index >= 15 is 0 Å². The molecule has 1 unspecified atom stereocenters. The zero-order chi connectivity index (χ0) is 5.82. The van der Waals surface area contributed by atoms with Crippen LogP contribution in [0.4, 0.5) is 0 Å². The summed E-state index contributed by atoms with van der Waals surface area (Å²) in [7, 11) is 0. The Morgan fingerprint density at radius 2 is 2.62 bits per heavy atom. The second-order valence-electron chi connectivity index (χ2n) is 1.92. The average molecular weight is 110 g/mol. The molecule has 1 saturated heterocycles. The van der Waals surface area contributed by atoms with Crippen LogP contribution >= 0.6 is 0 Å². The van der Waals surface area contributed by atoms with Crippen molar-refractivity contribution in [3.05, 3.63) is 18.4 Å². The van der Waals surface area contributed by atoms with Crippen molar-refractivity contribution in [3.63, 3.8) is 0 Å². The highest BCUT2D eigenvalue weighted by molar-refractivity contribution is 4.87. The van der Waals surface area contributed by atoms with Crippen LogP contribution in [0.1, 0.15) is 12.8 Å². The molecule has 1 heterocycles. The Morgan fingerprint density at radius 3 is 3.12 bits per heavy atom. The van der Waals surface area contributed by atoms with Crippen molar-refractivity contribution in [1.82, 2.24) is 0 Å². The van der Waals surface area contributed by atoms with E-state index < -0.39 is 0 Å². The Labute approximate surface area is 49.7 Å². The summed E-state index contributed by atoms with van der Waals surface area (Å²) in [4.78, 5) is 0. The number of rotatable bonds is 1. The molecule has 1 nitrogen and oxygen atoms in total. The Morgan fingerprint density at radius 1 is 1.75 bits per heavy atom. The van der Waals surface area contributed by atoms with Crippen LogP contribution in [0, 0.1) is 0 Å². The van der Waals surface area contributed by atoms with Gasteiger partial charge in [0.15, 0.2) is 0 Å². The minimum Gasteiger partial charge on any atom is -0.374 e. The molecule has 0 aliphatic carbocycles. The van der Waals surface area contributed by atoms with Crippen molar-refractivity contribution >= 4 is 0 Å². The van der Waals surface area contributed by atoms with E-state index in [1.54, 1.807) is 0 Å². The smallest absolute Gasteiger partial charge is 0.0830 e. The van der Waals surface area contributed by atoms with Gasteiger partial charge in [-0.3, -0.25) is 0 Å². The summed E-state index contributed by atoms with van der Waals surface area (Å²) in [6.45, 7) is 4.37. The Hall–Kier alpha value is -0.520. The van der Waals surface area contributed by atoms with E-state index in [0.717, 1.165) is 13.0 Å². The quantitative estimate of drug-likeness (QED) is 0.465. The maximum Gasteiger partial charge on any atom is 0.0830 e. The van der Waals surface area contributed by atoms with E-state index in [0.29, 0.717) is 6.10 Å². The summed E-state index contributed by atoms with van der Waals surface area (Å²) >= 11 is 0. The van der Waals surface area contributed by atoms with Crippen LogP contribution in [-0.4, -0.2) is 12.7 Å². The van der Waals surface area contributed by atoms with Gasteiger partial charge in [-0.25, -0.2) is 0 Å². The van der Waals surface area contributed by atoms with Crippen molar-refractivity contribution in [2.75, 3.05) is 6.61 Å². The molecule has 0 aromatic rings. The summed E-state index contributed by atoms with van der Waals surface area (Å²) in [6, 6.07) is 0. The predicted octanol–water partition coefficient (Wildman–Crippen LogP) is 1.51. The molecule has 1 heteroatoms. The van der Waals surface area contributed by atoms with E-state index in [9.17, 15) is 0 Å². The number of ether oxygens (including phenoxy) is 1. The van der Waals surface area contributed by atoms with E-state index in [1.165, 1.54) is 6.42 Å². The second kappa shape index (κ2) is 2.71. The van der Waals surface area contributed by atoms with Gasteiger partial charge < -0.3 is 4.74 Å². The molecule has 1 fully saturated rings. The fraction of sp³-hybridized carbons (Fsp3) is 0.571. The zero-order valence-electron chi connectivity index (χ0n) is 4.89. The Bertz CT molecular complexity index is 106. The molecule has 8 heavy (non-hydrogen) atoms. The maximum atomic E-state index is 5.24. The van der Waals surface area contributed by atoms with E-state index in [1.807, 2.05) is 6.08 Å². The van der Waals surface area contributed by atoms with Crippen LogP contribution in [0.2, 0.25) is 0 Å². The average Bonchev–Trinajstić information content (AvgIpc) is 2.19. The minimum atomic E-state index is 0.312. The number of hydrogen-bond acceptors (Lipinski definition) is 1. The van der Waals surface area contributed by atoms with Crippen LogP contribution in [-0.2, 0) is 4.74 Å². The predicted molar refractivity (Wildman–Crippen MR) is 32.7 cm³/mol. The highest BCUT2D eigenvalue weighted by Crippen LogP contribution is 2.11. The van der Waals surface area contributed by atoms with Crippen LogP contribution < -0.4 is 0 Å². The highest BCUT2D eigenvalue weighted by Gasteiger charge is 2.10. The largest absolute Gasteiger partial charge is 0.374 e. The molecule has 0 N–H and O–H groups in total. The number of hydrogen-bond donors (Lipinski definition) is 0. The summed E-state index contributed by atoms with van der Waals surface area (Å²) in [5, 5.41) is 0. The van der Waals surface area contributed by atoms with Crippen LogP contribution in [0.5, 0.6) is 0 Å². The van der Waals surface area contributed by atoms with Crippen LogP contribution in [0.3, 0.4) is 0 Å². The Kier molecular flexibility index (Phi) is 1.90. The summed E-state index contributed by atoms with van der Waals surface area (Å²) in [5.74, 6) is 0. The summed E-state index contributed by atoms with van der Waals surface area (Å²) in [6.07, 6.45) is 4.52. The molecule has 0 aromatic heterocycles. The van der Waals surface area contributed by atoms with Gasteiger partial charge in [0.1, 0.15) is 0 Å². The van der Waals surface area contributed by atoms with Crippen molar-refractivity contribution in [3.8, 4) is 0 Å². The van der Waals surface area contributed by atoms with Gasteiger partial charge in [-0.1, -0.05) is 6.58 Å². The molecule has 0 spiro atoms. The van der Waals surface area contributed by atoms with Gasteiger partial charge >= 0.3 is 0 Å². The van der Waals surface area contributed by atoms with Gasteiger partial charge in [0.2, 0.25) is 0 Å². The van der Waals surface area contributed by atoms with Crippen molar-refractivity contribution in [2.24, 2.45) is 0 Å². The van der Waals surface area contributed by atoms with Crippen LogP contribution in [0.25, 0.3) is 0 Å². The molecule has 0 saturated carbocycles. The zero-order valence-corrected chi connectivity index (χ0v) is 4.89. The monoisotopic (exact) mass is 110 g/mol. The minimum absolute atomic E-state index is 0.312. The lowest BCUT2D eigenvalue weighted by Gasteiger charge is -1.96. The summed E-state index contributed by atoms with van der Waals surface area (Å²) < 4.78 is 5.24. The van der Waals surface area contributed by atoms with Crippen LogP contribution in [0.15, 0.2) is 18.4 Å². The first-order valence-corrected chi connectivity index (χ1v) is 2.91. The lowest BCUT2D eigenvalue weighted by molar-refractivity contribution is 0.146. The molecule has 0 aromatic carbocycles. The van der Waals surface area contributed by atoms with E-state index in [4.69, 9.17) is 4.74 Å². The third-order valence-corrected chi connectivity index (χ3v) is 1.27. The van der Waals surface area contributed by atoms with Gasteiger partial charge in [0.05, 0.1) is 6.10 Å². The van der Waals surface area contributed by atoms with Gasteiger partial charge in [0.25, 0.3) is 0 Å². The van der Waals surface area contributed by atoms with Gasteiger partial charge in [-0.05, 0) is 18.9 Å². The fourth-order valence-electron chi connectivity index (χ4n) is 0.865. The molecule has 0 amide bonds. The standard InChI is InChI=1S/C7H10O/c1-2-4-7-5-3-6-8-7/h4,7H,1,3,5-6H2. The third kappa shape index (κ3) is 1.22. The normalized spacial score (nSPS) is 27.2. The van der Waals surface area contributed by atoms with Gasteiger partial charge in [0, 0.05) is 6.61 Å². The van der Waals surface area contributed by atoms with E-state index in [-0.39, 0.29) is 0 Å². The molecular formula is C7H10O. The molecule has 1 rings (SSSR count). The lowest BCUT2D eigenvalue weighted by Crippen LogP contribution is -1.97. The molecule has 1 aliphatic rings. The topological polar surface area (TPSA) is 9.23 Å². The SMILES string of the molecule is C=C=CC1CCCO1. The molecule has 0 radical (unpaired) electrons. The van der Waals surface area contributed by atoms with Crippen molar-refractivity contribution in [2.45, 2.75) is 18.9 Å². The molecule has 0 bridgehead atoms. The maximum absolute atomic E-state index is 5.24. The first-order valence-electron chi connectivity index (χ1n) is 2.91. The molecule has 1 aliphatic heterocycles. The molecular weight excluding hydrogens is 100 g/mol. The third-order valence-electron chi connectivity index (χ3n) is 1.27. The first-order chi connectivity index (χ1) is 3.93. The van der Waals surface area contributed by atoms with Crippen molar-refractivity contribution in [1.29, 1.82) is 0 Å². The van der Waals surface area contributed by atoms with E-state index in [2.05, 4.69) is 12.3 Å². The molecule has 1 atom stereocenters. The Balaban J connectivity index is 2.35.